The summed E-state index contributed by atoms with van der Waals surface area (Å²) in [6.07, 6.45) is 0.107. The predicted octanol–water partition coefficient (Wildman–Crippen LogP) is 1.04. The first-order chi connectivity index (χ1) is 9.30. The molecule has 0 aromatic rings. The van der Waals surface area contributed by atoms with Gasteiger partial charge in [-0.3, -0.25) is 4.79 Å². The second kappa shape index (κ2) is 9.74. The summed E-state index contributed by atoms with van der Waals surface area (Å²) in [5.74, 6) is -0.841. The highest BCUT2D eigenvalue weighted by Crippen LogP contribution is 2.12. The maximum absolute atomic E-state index is 11.4. The van der Waals surface area contributed by atoms with Crippen LogP contribution in [0, 0.1) is 0 Å². The van der Waals surface area contributed by atoms with Gasteiger partial charge in [0, 0.05) is 6.08 Å². The van der Waals surface area contributed by atoms with Crippen LogP contribution in [0.1, 0.15) is 20.3 Å². The molecule has 0 amide bonds. The van der Waals surface area contributed by atoms with Gasteiger partial charge in [-0.15, -0.1) is 11.6 Å². The SMILES string of the molecule is C=CC(=O)OCC(O)COCCC(=O)OC(C)(C)CCl. The van der Waals surface area contributed by atoms with Crippen molar-refractivity contribution in [3.05, 3.63) is 12.7 Å². The molecule has 0 aliphatic carbocycles. The number of carbonyl (C=O) groups excluding carboxylic acids is 2. The molecule has 0 aliphatic rings. The van der Waals surface area contributed by atoms with Crippen LogP contribution in [-0.4, -0.2) is 54.5 Å². The molecule has 0 aromatic carbocycles. The summed E-state index contributed by atoms with van der Waals surface area (Å²) in [4.78, 5) is 22.1. The van der Waals surface area contributed by atoms with Gasteiger partial charge in [-0.25, -0.2) is 4.79 Å². The van der Waals surface area contributed by atoms with E-state index in [0.29, 0.717) is 0 Å². The Hall–Kier alpha value is -1.11. The molecule has 0 saturated heterocycles. The molecule has 0 rings (SSSR count). The third kappa shape index (κ3) is 9.77. The Balaban J connectivity index is 3.68. The number of esters is 2. The van der Waals surface area contributed by atoms with Gasteiger partial charge in [-0.1, -0.05) is 6.58 Å². The van der Waals surface area contributed by atoms with E-state index in [2.05, 4.69) is 11.3 Å². The minimum atomic E-state index is -0.950. The maximum Gasteiger partial charge on any atom is 0.330 e. The van der Waals surface area contributed by atoms with Crippen molar-refractivity contribution in [2.75, 3.05) is 25.7 Å². The quantitative estimate of drug-likeness (QED) is 0.281. The lowest BCUT2D eigenvalue weighted by molar-refractivity contribution is -0.156. The summed E-state index contributed by atoms with van der Waals surface area (Å²) in [6, 6.07) is 0. The van der Waals surface area contributed by atoms with Gasteiger partial charge in [0.1, 0.15) is 18.3 Å². The van der Waals surface area contributed by atoms with E-state index >= 15 is 0 Å². The first-order valence-electron chi connectivity index (χ1n) is 6.13. The normalized spacial score (nSPS) is 12.6. The van der Waals surface area contributed by atoms with Crippen LogP contribution in [0.25, 0.3) is 0 Å². The van der Waals surface area contributed by atoms with Crippen LogP contribution in [0.4, 0.5) is 0 Å². The summed E-state index contributed by atoms with van der Waals surface area (Å²) >= 11 is 5.62. The minimum Gasteiger partial charge on any atom is -0.460 e. The Morgan fingerprint density at radius 1 is 1.40 bits per heavy atom. The van der Waals surface area contributed by atoms with E-state index in [1.54, 1.807) is 13.8 Å². The second-order valence-electron chi connectivity index (χ2n) is 4.68. The monoisotopic (exact) mass is 308 g/mol. The number of carbonyl (C=O) groups is 2. The predicted molar refractivity (Wildman–Crippen MR) is 73.5 cm³/mol. The van der Waals surface area contributed by atoms with Crippen LogP contribution in [0.5, 0.6) is 0 Å². The largest absolute Gasteiger partial charge is 0.460 e. The van der Waals surface area contributed by atoms with E-state index in [-0.39, 0.29) is 32.1 Å². The van der Waals surface area contributed by atoms with Crippen molar-refractivity contribution in [1.82, 2.24) is 0 Å². The van der Waals surface area contributed by atoms with Gasteiger partial charge in [0.05, 0.1) is 25.5 Å². The Morgan fingerprint density at radius 3 is 2.60 bits per heavy atom. The number of halogens is 1. The molecule has 0 heterocycles. The maximum atomic E-state index is 11.4. The van der Waals surface area contributed by atoms with Crippen molar-refractivity contribution in [2.45, 2.75) is 32.0 Å². The lowest BCUT2D eigenvalue weighted by Crippen LogP contribution is -2.30. The van der Waals surface area contributed by atoms with E-state index in [1.165, 1.54) is 0 Å². The van der Waals surface area contributed by atoms with Gasteiger partial charge in [-0.05, 0) is 13.8 Å². The Morgan fingerprint density at radius 2 is 2.05 bits per heavy atom. The highest BCUT2D eigenvalue weighted by atomic mass is 35.5. The molecule has 0 radical (unpaired) electrons. The number of ether oxygens (including phenoxy) is 3. The number of rotatable bonds is 10. The second-order valence-corrected chi connectivity index (χ2v) is 4.95. The van der Waals surface area contributed by atoms with Crippen molar-refractivity contribution in [1.29, 1.82) is 0 Å². The standard InChI is InChI=1S/C13H21ClO6/c1-4-11(16)19-8-10(15)7-18-6-5-12(17)20-13(2,3)9-14/h4,10,15H,1,5-9H2,2-3H3. The van der Waals surface area contributed by atoms with Gasteiger partial charge in [0.2, 0.25) is 0 Å². The average molecular weight is 309 g/mol. The van der Waals surface area contributed by atoms with E-state index in [0.717, 1.165) is 6.08 Å². The fourth-order valence-electron chi connectivity index (χ4n) is 1.05. The van der Waals surface area contributed by atoms with Crippen molar-refractivity contribution in [3.63, 3.8) is 0 Å². The summed E-state index contributed by atoms with van der Waals surface area (Å²) in [7, 11) is 0. The van der Waals surface area contributed by atoms with Crippen LogP contribution in [-0.2, 0) is 23.8 Å². The van der Waals surface area contributed by atoms with Crippen molar-refractivity contribution in [2.24, 2.45) is 0 Å². The molecule has 1 unspecified atom stereocenters. The molecule has 20 heavy (non-hydrogen) atoms. The molecular weight excluding hydrogens is 288 g/mol. The highest BCUT2D eigenvalue weighted by Gasteiger charge is 2.21. The van der Waals surface area contributed by atoms with Gasteiger partial charge in [0.25, 0.3) is 0 Å². The van der Waals surface area contributed by atoms with E-state index < -0.39 is 23.6 Å². The highest BCUT2D eigenvalue weighted by molar-refractivity contribution is 6.18. The van der Waals surface area contributed by atoms with E-state index in [4.69, 9.17) is 21.1 Å². The fraction of sp³-hybridized carbons (Fsp3) is 0.692. The van der Waals surface area contributed by atoms with Crippen LogP contribution in [0.15, 0.2) is 12.7 Å². The number of hydrogen-bond donors (Lipinski definition) is 1. The smallest absolute Gasteiger partial charge is 0.330 e. The molecule has 0 spiro atoms. The fourth-order valence-corrected chi connectivity index (χ4v) is 1.10. The molecule has 0 aliphatic heterocycles. The van der Waals surface area contributed by atoms with Gasteiger partial charge in [0.15, 0.2) is 0 Å². The summed E-state index contributed by atoms with van der Waals surface area (Å²) in [5, 5.41) is 9.41. The van der Waals surface area contributed by atoms with Crippen molar-refractivity contribution in [3.8, 4) is 0 Å². The van der Waals surface area contributed by atoms with Crippen molar-refractivity contribution >= 4 is 23.5 Å². The summed E-state index contributed by atoms with van der Waals surface area (Å²) in [6.45, 7) is 6.50. The lowest BCUT2D eigenvalue weighted by Gasteiger charge is -2.22. The summed E-state index contributed by atoms with van der Waals surface area (Å²) in [5.41, 5.74) is -0.711. The molecule has 0 aromatic heterocycles. The minimum absolute atomic E-state index is 0.0450. The van der Waals surface area contributed by atoms with Crippen molar-refractivity contribution < 1.29 is 28.9 Å². The molecule has 116 valence electrons. The molecule has 6 nitrogen and oxygen atoms in total. The number of aliphatic hydroxyl groups excluding tert-OH is 1. The summed E-state index contributed by atoms with van der Waals surface area (Å²) < 4.78 is 14.8. The average Bonchev–Trinajstić information content (AvgIpc) is 2.40. The molecule has 0 bridgehead atoms. The van der Waals surface area contributed by atoms with Crippen LogP contribution in [0.3, 0.4) is 0 Å². The van der Waals surface area contributed by atoms with Gasteiger partial charge < -0.3 is 19.3 Å². The number of hydrogen-bond acceptors (Lipinski definition) is 6. The zero-order chi connectivity index (χ0) is 15.6. The molecular formula is C13H21ClO6. The van der Waals surface area contributed by atoms with Gasteiger partial charge in [-0.2, -0.15) is 0 Å². The van der Waals surface area contributed by atoms with E-state index in [9.17, 15) is 14.7 Å². The number of alkyl halides is 1. The third-order valence-corrected chi connectivity index (χ3v) is 2.70. The Kier molecular flexibility index (Phi) is 9.20. The first kappa shape index (κ1) is 18.9. The van der Waals surface area contributed by atoms with E-state index in [1.807, 2.05) is 0 Å². The molecule has 0 saturated carbocycles. The zero-order valence-corrected chi connectivity index (χ0v) is 12.5. The topological polar surface area (TPSA) is 82.1 Å². The molecule has 7 heteroatoms. The Bertz CT molecular complexity index is 329. The van der Waals surface area contributed by atoms with Crippen LogP contribution in [0.2, 0.25) is 0 Å². The molecule has 1 atom stereocenters. The number of aliphatic hydroxyl groups is 1. The zero-order valence-electron chi connectivity index (χ0n) is 11.8. The lowest BCUT2D eigenvalue weighted by atomic mass is 10.2. The van der Waals surface area contributed by atoms with Crippen LogP contribution >= 0.6 is 11.6 Å². The molecule has 0 fully saturated rings. The Labute approximate surface area is 123 Å². The molecule has 1 N–H and O–H groups in total. The third-order valence-electron chi connectivity index (χ3n) is 2.06. The van der Waals surface area contributed by atoms with Crippen LogP contribution < -0.4 is 0 Å². The first-order valence-corrected chi connectivity index (χ1v) is 6.67. The van der Waals surface area contributed by atoms with Gasteiger partial charge >= 0.3 is 11.9 Å².